The van der Waals surface area contributed by atoms with Crippen molar-refractivity contribution >= 4 is 5.82 Å². The van der Waals surface area contributed by atoms with Crippen LogP contribution < -0.4 is 10.2 Å². The molecular weight excluding hydrogens is 260 g/mol. The number of nitrogens with zero attached hydrogens (tertiary/aromatic N) is 3. The molecule has 118 valence electrons. The molecule has 0 spiro atoms. The maximum Gasteiger partial charge on any atom is 0.132 e. The Kier molecular flexibility index (Phi) is 6.43. The number of anilines is 1. The predicted octanol–water partition coefficient (Wildman–Crippen LogP) is 3.18. The average molecular weight is 290 g/mol. The van der Waals surface area contributed by atoms with Gasteiger partial charge in [-0.05, 0) is 45.6 Å². The van der Waals surface area contributed by atoms with Gasteiger partial charge >= 0.3 is 0 Å². The Hall–Kier alpha value is -1.16. The number of hydrogen-bond donors (Lipinski definition) is 1. The Balaban J connectivity index is 2.12. The average Bonchev–Trinajstić information content (AvgIpc) is 2.53. The van der Waals surface area contributed by atoms with Crippen LogP contribution in [0, 0.1) is 0 Å². The highest BCUT2D eigenvalue weighted by molar-refractivity contribution is 5.41. The third-order valence-electron chi connectivity index (χ3n) is 4.35. The van der Waals surface area contributed by atoms with E-state index in [1.807, 2.05) is 0 Å². The number of aromatic nitrogens is 2. The highest BCUT2D eigenvalue weighted by atomic mass is 15.2. The molecule has 1 aliphatic heterocycles. The second-order valence-corrected chi connectivity index (χ2v) is 6.12. The summed E-state index contributed by atoms with van der Waals surface area (Å²) in [4.78, 5) is 11.4. The first-order valence-electron chi connectivity index (χ1n) is 8.57. The fourth-order valence-corrected chi connectivity index (χ4v) is 3.21. The summed E-state index contributed by atoms with van der Waals surface area (Å²) < 4.78 is 0. The molecule has 0 saturated carbocycles. The van der Waals surface area contributed by atoms with Crippen molar-refractivity contribution in [2.45, 2.75) is 71.4 Å². The number of rotatable bonds is 7. The van der Waals surface area contributed by atoms with E-state index in [1.54, 1.807) is 6.33 Å². The van der Waals surface area contributed by atoms with Gasteiger partial charge in [0, 0.05) is 30.4 Å². The molecule has 0 aromatic carbocycles. The number of piperidine rings is 1. The standard InChI is InChI=1S/C17H30N4/c1-4-8-15-12-17(20-13-19-15)21-11-7-6-9-16(21)14(3)18-10-5-2/h12-14,16,18H,4-11H2,1-3H3. The second kappa shape index (κ2) is 8.32. The van der Waals surface area contributed by atoms with Gasteiger partial charge in [0.05, 0.1) is 0 Å². The molecule has 21 heavy (non-hydrogen) atoms. The van der Waals surface area contributed by atoms with Gasteiger partial charge in [-0.2, -0.15) is 0 Å². The van der Waals surface area contributed by atoms with E-state index in [4.69, 9.17) is 0 Å². The molecule has 2 rings (SSSR count). The predicted molar refractivity (Wildman–Crippen MR) is 88.8 cm³/mol. The van der Waals surface area contributed by atoms with Gasteiger partial charge in [0.1, 0.15) is 12.1 Å². The van der Waals surface area contributed by atoms with Crippen molar-refractivity contribution in [1.82, 2.24) is 15.3 Å². The molecule has 2 heterocycles. The second-order valence-electron chi connectivity index (χ2n) is 6.12. The maximum atomic E-state index is 4.55. The lowest BCUT2D eigenvalue weighted by Crippen LogP contribution is -2.51. The largest absolute Gasteiger partial charge is 0.352 e. The Morgan fingerprint density at radius 2 is 2.14 bits per heavy atom. The molecule has 0 amide bonds. The zero-order valence-electron chi connectivity index (χ0n) is 13.8. The van der Waals surface area contributed by atoms with E-state index < -0.39 is 0 Å². The summed E-state index contributed by atoms with van der Waals surface area (Å²) in [6.45, 7) is 8.94. The molecular formula is C17H30N4. The van der Waals surface area contributed by atoms with E-state index in [2.05, 4.69) is 47.0 Å². The summed E-state index contributed by atoms with van der Waals surface area (Å²) in [6, 6.07) is 3.25. The van der Waals surface area contributed by atoms with Crippen LogP contribution in [-0.2, 0) is 6.42 Å². The number of hydrogen-bond acceptors (Lipinski definition) is 4. The molecule has 0 aliphatic carbocycles. The van der Waals surface area contributed by atoms with Crippen molar-refractivity contribution < 1.29 is 0 Å². The van der Waals surface area contributed by atoms with Crippen LogP contribution in [0.5, 0.6) is 0 Å². The Labute approximate surface area is 129 Å². The summed E-state index contributed by atoms with van der Waals surface area (Å²) in [7, 11) is 0. The molecule has 0 bridgehead atoms. The molecule has 1 fully saturated rings. The topological polar surface area (TPSA) is 41.0 Å². The molecule has 1 N–H and O–H groups in total. The van der Waals surface area contributed by atoms with Gasteiger partial charge in [0.25, 0.3) is 0 Å². The first-order valence-corrected chi connectivity index (χ1v) is 8.57. The van der Waals surface area contributed by atoms with Crippen LogP contribution >= 0.6 is 0 Å². The fourth-order valence-electron chi connectivity index (χ4n) is 3.21. The van der Waals surface area contributed by atoms with Gasteiger partial charge in [-0.3, -0.25) is 0 Å². The minimum Gasteiger partial charge on any atom is -0.352 e. The lowest BCUT2D eigenvalue weighted by atomic mass is 9.96. The van der Waals surface area contributed by atoms with Gasteiger partial charge in [-0.15, -0.1) is 0 Å². The lowest BCUT2D eigenvalue weighted by molar-refractivity contribution is 0.366. The van der Waals surface area contributed by atoms with Crippen LogP contribution in [0.25, 0.3) is 0 Å². The SMILES string of the molecule is CCCNC(C)C1CCCCN1c1cc(CCC)ncn1. The highest BCUT2D eigenvalue weighted by Crippen LogP contribution is 2.25. The first-order chi connectivity index (χ1) is 10.3. The summed E-state index contributed by atoms with van der Waals surface area (Å²) in [6.07, 6.45) is 8.94. The number of nitrogens with one attached hydrogen (secondary N) is 1. The maximum absolute atomic E-state index is 4.55. The quantitative estimate of drug-likeness (QED) is 0.837. The Morgan fingerprint density at radius 1 is 1.29 bits per heavy atom. The third-order valence-corrected chi connectivity index (χ3v) is 4.35. The summed E-state index contributed by atoms with van der Waals surface area (Å²) in [5.41, 5.74) is 1.17. The van der Waals surface area contributed by atoms with Crippen LogP contribution in [0.15, 0.2) is 12.4 Å². The van der Waals surface area contributed by atoms with Crippen LogP contribution in [0.3, 0.4) is 0 Å². The Bertz CT molecular complexity index is 421. The van der Waals surface area contributed by atoms with E-state index in [0.29, 0.717) is 12.1 Å². The molecule has 2 atom stereocenters. The van der Waals surface area contributed by atoms with Crippen molar-refractivity contribution in [3.05, 3.63) is 18.1 Å². The molecule has 4 heteroatoms. The molecule has 1 saturated heterocycles. The lowest BCUT2D eigenvalue weighted by Gasteiger charge is -2.40. The van der Waals surface area contributed by atoms with Gasteiger partial charge in [-0.25, -0.2) is 9.97 Å². The van der Waals surface area contributed by atoms with Gasteiger partial charge < -0.3 is 10.2 Å². The van der Waals surface area contributed by atoms with E-state index in [-0.39, 0.29) is 0 Å². The van der Waals surface area contributed by atoms with Crippen molar-refractivity contribution in [2.24, 2.45) is 0 Å². The fraction of sp³-hybridized carbons (Fsp3) is 0.765. The molecule has 0 radical (unpaired) electrons. The summed E-state index contributed by atoms with van der Waals surface area (Å²) >= 11 is 0. The van der Waals surface area contributed by atoms with Crippen LogP contribution in [0.1, 0.15) is 58.6 Å². The molecule has 1 aliphatic rings. The van der Waals surface area contributed by atoms with Crippen molar-refractivity contribution in [2.75, 3.05) is 18.0 Å². The molecule has 2 unspecified atom stereocenters. The number of aryl methyl sites for hydroxylation is 1. The van der Waals surface area contributed by atoms with Gasteiger partial charge in [0.2, 0.25) is 0 Å². The van der Waals surface area contributed by atoms with Crippen molar-refractivity contribution in [3.63, 3.8) is 0 Å². The van der Waals surface area contributed by atoms with Crippen LogP contribution in [-0.4, -0.2) is 35.1 Å². The molecule has 4 nitrogen and oxygen atoms in total. The first kappa shape index (κ1) is 16.2. The highest BCUT2D eigenvalue weighted by Gasteiger charge is 2.28. The summed E-state index contributed by atoms with van der Waals surface area (Å²) in [5, 5.41) is 3.66. The van der Waals surface area contributed by atoms with Crippen molar-refractivity contribution in [1.29, 1.82) is 0 Å². The van der Waals surface area contributed by atoms with E-state index in [0.717, 1.165) is 31.7 Å². The Morgan fingerprint density at radius 3 is 2.90 bits per heavy atom. The zero-order valence-corrected chi connectivity index (χ0v) is 13.8. The van der Waals surface area contributed by atoms with E-state index in [1.165, 1.54) is 31.4 Å². The van der Waals surface area contributed by atoms with E-state index in [9.17, 15) is 0 Å². The third kappa shape index (κ3) is 4.40. The van der Waals surface area contributed by atoms with Gasteiger partial charge in [0.15, 0.2) is 0 Å². The van der Waals surface area contributed by atoms with Crippen LogP contribution in [0.4, 0.5) is 5.82 Å². The van der Waals surface area contributed by atoms with Crippen molar-refractivity contribution in [3.8, 4) is 0 Å². The molecule has 1 aromatic heterocycles. The van der Waals surface area contributed by atoms with E-state index >= 15 is 0 Å². The van der Waals surface area contributed by atoms with Gasteiger partial charge in [-0.1, -0.05) is 20.3 Å². The monoisotopic (exact) mass is 290 g/mol. The minimum atomic E-state index is 0.509. The van der Waals surface area contributed by atoms with Crippen LogP contribution in [0.2, 0.25) is 0 Å². The normalized spacial score (nSPS) is 20.5. The summed E-state index contributed by atoms with van der Waals surface area (Å²) in [5.74, 6) is 1.11. The smallest absolute Gasteiger partial charge is 0.132 e. The minimum absolute atomic E-state index is 0.509. The molecule has 1 aromatic rings. The zero-order chi connectivity index (χ0) is 15.1.